The van der Waals surface area contributed by atoms with Crippen LogP contribution in [0, 0.1) is 0 Å². The molecule has 0 unspecified atom stereocenters. The van der Waals surface area contributed by atoms with E-state index in [0.717, 1.165) is 24.3 Å². The topological polar surface area (TPSA) is 73.3 Å². The lowest BCUT2D eigenvalue weighted by molar-refractivity contribution is 0.102. The number of nitrogens with one attached hydrogen (secondary N) is 1. The van der Waals surface area contributed by atoms with Crippen molar-refractivity contribution in [3.8, 4) is 11.5 Å². The summed E-state index contributed by atoms with van der Waals surface area (Å²) in [6.45, 7) is 2.12. The molecular weight excluding hydrogens is 302 g/mol. The first-order chi connectivity index (χ1) is 10.7. The summed E-state index contributed by atoms with van der Waals surface area (Å²) in [5.41, 5.74) is 0.396. The number of aryl methyl sites for hydroxylation is 1. The number of methoxy groups -OCH3 is 2. The van der Waals surface area contributed by atoms with Crippen LogP contribution in [0.2, 0.25) is 0 Å². The van der Waals surface area contributed by atoms with Crippen LogP contribution in [0.3, 0.4) is 0 Å². The molecule has 1 amide bonds. The summed E-state index contributed by atoms with van der Waals surface area (Å²) in [6.07, 6.45) is 3.04. The Morgan fingerprint density at radius 1 is 1.27 bits per heavy atom. The maximum Gasteiger partial charge on any atom is 0.261 e. The summed E-state index contributed by atoms with van der Waals surface area (Å²) >= 11 is 1.39. The van der Waals surface area contributed by atoms with E-state index in [4.69, 9.17) is 9.47 Å². The number of hydrogen-bond donors (Lipinski definition) is 1. The van der Waals surface area contributed by atoms with Crippen molar-refractivity contribution in [3.63, 3.8) is 0 Å². The van der Waals surface area contributed by atoms with Crippen LogP contribution in [0.1, 0.15) is 35.1 Å². The number of amides is 1. The highest BCUT2D eigenvalue weighted by molar-refractivity contribution is 7.15. The van der Waals surface area contributed by atoms with Gasteiger partial charge in [0.15, 0.2) is 0 Å². The van der Waals surface area contributed by atoms with Crippen molar-refractivity contribution in [2.24, 2.45) is 0 Å². The second kappa shape index (κ2) is 7.74. The van der Waals surface area contributed by atoms with Crippen LogP contribution in [-0.2, 0) is 6.42 Å². The number of rotatable bonds is 7. The van der Waals surface area contributed by atoms with Crippen molar-refractivity contribution in [2.75, 3.05) is 19.5 Å². The van der Waals surface area contributed by atoms with E-state index in [1.165, 1.54) is 18.4 Å². The van der Waals surface area contributed by atoms with E-state index in [-0.39, 0.29) is 5.91 Å². The van der Waals surface area contributed by atoms with Crippen LogP contribution in [0.5, 0.6) is 11.5 Å². The highest BCUT2D eigenvalue weighted by atomic mass is 32.1. The summed E-state index contributed by atoms with van der Waals surface area (Å²) in [4.78, 5) is 12.4. The number of unbranched alkanes of at least 4 members (excludes halogenated alkanes) is 1. The molecule has 6 nitrogen and oxygen atoms in total. The minimum absolute atomic E-state index is 0.297. The molecule has 22 heavy (non-hydrogen) atoms. The Morgan fingerprint density at radius 3 is 2.77 bits per heavy atom. The van der Waals surface area contributed by atoms with Gasteiger partial charge in [-0.15, -0.1) is 10.2 Å². The molecule has 1 aromatic heterocycles. The van der Waals surface area contributed by atoms with Gasteiger partial charge in [0.25, 0.3) is 5.91 Å². The molecule has 0 aliphatic heterocycles. The SMILES string of the molecule is CCCCc1nnc(NC(=O)c2cc(OC)ccc2OC)s1. The number of anilines is 1. The molecule has 0 fully saturated rings. The second-order valence-electron chi connectivity index (χ2n) is 4.62. The van der Waals surface area contributed by atoms with Gasteiger partial charge in [0.1, 0.15) is 16.5 Å². The average molecular weight is 321 g/mol. The van der Waals surface area contributed by atoms with Gasteiger partial charge in [-0.2, -0.15) is 0 Å². The van der Waals surface area contributed by atoms with Gasteiger partial charge in [-0.3, -0.25) is 10.1 Å². The van der Waals surface area contributed by atoms with Crippen LogP contribution in [0.4, 0.5) is 5.13 Å². The van der Waals surface area contributed by atoms with Crippen molar-refractivity contribution >= 4 is 22.4 Å². The monoisotopic (exact) mass is 321 g/mol. The van der Waals surface area contributed by atoms with E-state index in [1.54, 1.807) is 25.3 Å². The Kier molecular flexibility index (Phi) is 5.71. The molecule has 2 aromatic rings. The van der Waals surface area contributed by atoms with Crippen LogP contribution in [-0.4, -0.2) is 30.3 Å². The predicted octanol–water partition coefficient (Wildman–Crippen LogP) is 3.15. The van der Waals surface area contributed by atoms with Gasteiger partial charge in [0.05, 0.1) is 19.8 Å². The number of ether oxygens (including phenoxy) is 2. The number of carbonyl (C=O) groups excluding carboxylic acids is 1. The fourth-order valence-electron chi connectivity index (χ4n) is 1.89. The Bertz CT molecular complexity index is 643. The molecule has 0 aliphatic carbocycles. The molecular formula is C15H19N3O3S. The Hall–Kier alpha value is -2.15. The summed E-state index contributed by atoms with van der Waals surface area (Å²) in [5, 5.41) is 12.2. The summed E-state index contributed by atoms with van der Waals surface area (Å²) in [6, 6.07) is 5.07. The largest absolute Gasteiger partial charge is 0.497 e. The predicted molar refractivity (Wildman–Crippen MR) is 86.0 cm³/mol. The fraction of sp³-hybridized carbons (Fsp3) is 0.400. The average Bonchev–Trinajstić information content (AvgIpc) is 2.99. The van der Waals surface area contributed by atoms with Crippen LogP contribution >= 0.6 is 11.3 Å². The smallest absolute Gasteiger partial charge is 0.261 e. The second-order valence-corrected chi connectivity index (χ2v) is 5.69. The molecule has 1 aromatic carbocycles. The van der Waals surface area contributed by atoms with Gasteiger partial charge in [-0.1, -0.05) is 24.7 Å². The standard InChI is InChI=1S/C15H19N3O3S/c1-4-5-6-13-17-18-15(22-13)16-14(19)11-9-10(20-2)7-8-12(11)21-3/h7-9H,4-6H2,1-3H3,(H,16,18,19). The summed E-state index contributed by atoms with van der Waals surface area (Å²) < 4.78 is 10.4. The lowest BCUT2D eigenvalue weighted by Gasteiger charge is -2.09. The maximum absolute atomic E-state index is 12.4. The number of benzene rings is 1. The molecule has 0 saturated heterocycles. The Balaban J connectivity index is 2.13. The third-order valence-corrected chi connectivity index (χ3v) is 3.98. The molecule has 0 spiro atoms. The zero-order valence-corrected chi connectivity index (χ0v) is 13.7. The van der Waals surface area contributed by atoms with Crippen LogP contribution in [0.25, 0.3) is 0 Å². The van der Waals surface area contributed by atoms with Crippen molar-refractivity contribution in [3.05, 3.63) is 28.8 Å². The van der Waals surface area contributed by atoms with E-state index in [1.807, 2.05) is 0 Å². The first-order valence-electron chi connectivity index (χ1n) is 7.03. The molecule has 118 valence electrons. The summed E-state index contributed by atoms with van der Waals surface area (Å²) in [7, 11) is 3.07. The molecule has 0 aliphatic rings. The Morgan fingerprint density at radius 2 is 2.09 bits per heavy atom. The molecule has 7 heteroatoms. The van der Waals surface area contributed by atoms with E-state index in [0.29, 0.717) is 22.2 Å². The first kappa shape index (κ1) is 16.2. The van der Waals surface area contributed by atoms with Gasteiger partial charge < -0.3 is 9.47 Å². The molecule has 0 radical (unpaired) electrons. The van der Waals surface area contributed by atoms with Gasteiger partial charge in [-0.05, 0) is 24.6 Å². The molecule has 1 N–H and O–H groups in total. The number of carbonyl (C=O) groups is 1. The lowest BCUT2D eigenvalue weighted by Crippen LogP contribution is -2.13. The minimum atomic E-state index is -0.297. The maximum atomic E-state index is 12.4. The number of nitrogens with zero attached hydrogens (tertiary/aromatic N) is 2. The highest BCUT2D eigenvalue weighted by Crippen LogP contribution is 2.25. The highest BCUT2D eigenvalue weighted by Gasteiger charge is 2.15. The molecule has 0 saturated carbocycles. The molecule has 0 bridgehead atoms. The van der Waals surface area contributed by atoms with Gasteiger partial charge in [0, 0.05) is 6.42 Å². The van der Waals surface area contributed by atoms with E-state index < -0.39 is 0 Å². The summed E-state index contributed by atoms with van der Waals surface area (Å²) in [5.74, 6) is 0.773. The normalized spacial score (nSPS) is 10.3. The van der Waals surface area contributed by atoms with Crippen molar-refractivity contribution in [1.29, 1.82) is 0 Å². The molecule has 0 atom stereocenters. The zero-order chi connectivity index (χ0) is 15.9. The van der Waals surface area contributed by atoms with Gasteiger partial charge in [0.2, 0.25) is 5.13 Å². The number of hydrogen-bond acceptors (Lipinski definition) is 6. The third-order valence-electron chi connectivity index (χ3n) is 3.08. The van der Waals surface area contributed by atoms with Crippen molar-refractivity contribution in [1.82, 2.24) is 10.2 Å². The van der Waals surface area contributed by atoms with Gasteiger partial charge in [-0.25, -0.2) is 0 Å². The van der Waals surface area contributed by atoms with E-state index >= 15 is 0 Å². The molecule has 2 rings (SSSR count). The van der Waals surface area contributed by atoms with Crippen molar-refractivity contribution < 1.29 is 14.3 Å². The van der Waals surface area contributed by atoms with Crippen molar-refractivity contribution in [2.45, 2.75) is 26.2 Å². The van der Waals surface area contributed by atoms with Gasteiger partial charge >= 0.3 is 0 Å². The van der Waals surface area contributed by atoms with Crippen LogP contribution < -0.4 is 14.8 Å². The van der Waals surface area contributed by atoms with E-state index in [9.17, 15) is 4.79 Å². The minimum Gasteiger partial charge on any atom is -0.497 e. The first-order valence-corrected chi connectivity index (χ1v) is 7.85. The Labute approximate surface area is 133 Å². The fourth-order valence-corrected chi connectivity index (χ4v) is 2.67. The zero-order valence-electron chi connectivity index (χ0n) is 12.9. The van der Waals surface area contributed by atoms with E-state index in [2.05, 4.69) is 22.4 Å². The molecule has 1 heterocycles. The third kappa shape index (κ3) is 3.94. The quantitative estimate of drug-likeness (QED) is 0.848. The number of aromatic nitrogens is 2. The lowest BCUT2D eigenvalue weighted by atomic mass is 10.2. The van der Waals surface area contributed by atoms with Crippen LogP contribution in [0.15, 0.2) is 18.2 Å².